The van der Waals surface area contributed by atoms with Crippen LogP contribution in [0.3, 0.4) is 0 Å². The molecule has 98 valence electrons. The average Bonchev–Trinajstić information content (AvgIpc) is 2.43. The molecule has 0 radical (unpaired) electrons. The van der Waals surface area contributed by atoms with Crippen LogP contribution in [-0.4, -0.2) is 13.1 Å². The van der Waals surface area contributed by atoms with E-state index in [0.717, 1.165) is 5.56 Å². The monoisotopic (exact) mass is 276 g/mol. The Kier molecular flexibility index (Phi) is 4.42. The number of hydrogen-bond donors (Lipinski definition) is 0. The van der Waals surface area contributed by atoms with Gasteiger partial charge in [0, 0.05) is 0 Å². The molecule has 0 aliphatic rings. The van der Waals surface area contributed by atoms with Crippen LogP contribution in [0.15, 0.2) is 48.5 Å². The molecule has 0 aliphatic heterocycles. The Morgan fingerprint density at radius 3 is 2.53 bits per heavy atom. The van der Waals surface area contributed by atoms with E-state index in [1.54, 1.807) is 18.2 Å². The first kappa shape index (κ1) is 13.4. The van der Waals surface area contributed by atoms with Crippen LogP contribution in [0.4, 0.5) is 0 Å². The van der Waals surface area contributed by atoms with Gasteiger partial charge in [0.1, 0.15) is 11.5 Å². The molecule has 0 saturated heterocycles. The predicted molar refractivity (Wildman–Crippen MR) is 73.7 cm³/mol. The van der Waals surface area contributed by atoms with E-state index in [1.807, 2.05) is 30.3 Å². The Labute approximate surface area is 116 Å². The van der Waals surface area contributed by atoms with Crippen LogP contribution in [-0.2, 0) is 16.0 Å². The summed E-state index contributed by atoms with van der Waals surface area (Å²) >= 11 is 6.13. The molecule has 0 fully saturated rings. The van der Waals surface area contributed by atoms with Gasteiger partial charge >= 0.3 is 5.97 Å². The van der Waals surface area contributed by atoms with Gasteiger partial charge in [0.25, 0.3) is 0 Å². The molecule has 0 spiro atoms. The molecular weight excluding hydrogens is 264 g/mol. The first-order chi connectivity index (χ1) is 9.19. The van der Waals surface area contributed by atoms with Gasteiger partial charge in [-0.3, -0.25) is 4.79 Å². The predicted octanol–water partition coefficient (Wildman–Crippen LogP) is 3.85. The molecule has 0 unspecified atom stereocenters. The van der Waals surface area contributed by atoms with Crippen molar-refractivity contribution in [2.45, 2.75) is 6.42 Å². The van der Waals surface area contributed by atoms with E-state index in [-0.39, 0.29) is 12.4 Å². The molecule has 4 heteroatoms. The highest BCUT2D eigenvalue weighted by Gasteiger charge is 2.07. The van der Waals surface area contributed by atoms with E-state index in [4.69, 9.17) is 16.3 Å². The van der Waals surface area contributed by atoms with Crippen LogP contribution < -0.4 is 4.74 Å². The fourth-order valence-corrected chi connectivity index (χ4v) is 1.83. The standard InChI is InChI=1S/C15H13ClO3/c1-18-15(17)10-11-7-8-14(13(16)9-11)19-12-5-3-2-4-6-12/h2-9H,10H2,1H3. The fourth-order valence-electron chi connectivity index (χ4n) is 1.59. The van der Waals surface area contributed by atoms with Crippen molar-refractivity contribution < 1.29 is 14.3 Å². The Balaban J connectivity index is 2.13. The van der Waals surface area contributed by atoms with Gasteiger partial charge < -0.3 is 9.47 Å². The molecule has 0 heterocycles. The summed E-state index contributed by atoms with van der Waals surface area (Å²) in [7, 11) is 1.36. The summed E-state index contributed by atoms with van der Waals surface area (Å²) in [5.41, 5.74) is 0.789. The highest BCUT2D eigenvalue weighted by Crippen LogP contribution is 2.30. The van der Waals surface area contributed by atoms with Crippen molar-refractivity contribution >= 4 is 17.6 Å². The lowest BCUT2D eigenvalue weighted by molar-refractivity contribution is -0.139. The Hall–Kier alpha value is -2.00. The molecule has 2 aromatic rings. The van der Waals surface area contributed by atoms with Crippen LogP contribution in [0.25, 0.3) is 0 Å². The molecule has 0 amide bonds. The summed E-state index contributed by atoms with van der Waals surface area (Å²) in [6.07, 6.45) is 0.196. The zero-order chi connectivity index (χ0) is 13.7. The third kappa shape index (κ3) is 3.73. The van der Waals surface area contributed by atoms with Gasteiger partial charge in [-0.1, -0.05) is 35.9 Å². The fraction of sp³-hybridized carbons (Fsp3) is 0.133. The molecule has 19 heavy (non-hydrogen) atoms. The van der Waals surface area contributed by atoms with E-state index in [2.05, 4.69) is 4.74 Å². The highest BCUT2D eigenvalue weighted by molar-refractivity contribution is 6.32. The van der Waals surface area contributed by atoms with Gasteiger partial charge in [0.2, 0.25) is 0 Å². The summed E-state index contributed by atoms with van der Waals surface area (Å²) < 4.78 is 10.3. The molecule has 0 atom stereocenters. The number of carbonyl (C=O) groups excluding carboxylic acids is 1. The lowest BCUT2D eigenvalue weighted by Gasteiger charge is -2.08. The molecule has 2 rings (SSSR count). The largest absolute Gasteiger partial charge is 0.469 e. The number of methoxy groups -OCH3 is 1. The molecule has 0 bridgehead atoms. The second-order valence-corrected chi connectivity index (χ2v) is 4.34. The zero-order valence-corrected chi connectivity index (χ0v) is 11.2. The number of para-hydroxylation sites is 1. The van der Waals surface area contributed by atoms with Gasteiger partial charge in [-0.05, 0) is 29.8 Å². The van der Waals surface area contributed by atoms with Crippen LogP contribution in [0.5, 0.6) is 11.5 Å². The first-order valence-corrected chi connectivity index (χ1v) is 6.15. The lowest BCUT2D eigenvalue weighted by Crippen LogP contribution is -2.04. The third-order valence-electron chi connectivity index (χ3n) is 2.54. The third-order valence-corrected chi connectivity index (χ3v) is 2.84. The minimum Gasteiger partial charge on any atom is -0.469 e. The molecular formula is C15H13ClO3. The summed E-state index contributed by atoms with van der Waals surface area (Å²) in [6.45, 7) is 0. The van der Waals surface area contributed by atoms with Gasteiger partial charge in [-0.2, -0.15) is 0 Å². The van der Waals surface area contributed by atoms with Gasteiger partial charge in [-0.15, -0.1) is 0 Å². The SMILES string of the molecule is COC(=O)Cc1ccc(Oc2ccccc2)c(Cl)c1. The zero-order valence-electron chi connectivity index (χ0n) is 10.4. The van der Waals surface area contributed by atoms with Crippen molar-refractivity contribution in [3.05, 3.63) is 59.1 Å². The maximum atomic E-state index is 11.2. The van der Waals surface area contributed by atoms with Crippen molar-refractivity contribution in [3.8, 4) is 11.5 Å². The Morgan fingerprint density at radius 2 is 1.89 bits per heavy atom. The molecule has 3 nitrogen and oxygen atoms in total. The van der Waals surface area contributed by atoms with E-state index in [0.29, 0.717) is 16.5 Å². The number of rotatable bonds is 4. The summed E-state index contributed by atoms with van der Waals surface area (Å²) in [4.78, 5) is 11.2. The van der Waals surface area contributed by atoms with Gasteiger partial charge in [-0.25, -0.2) is 0 Å². The molecule has 0 aromatic heterocycles. The number of ether oxygens (including phenoxy) is 2. The molecule has 2 aromatic carbocycles. The maximum Gasteiger partial charge on any atom is 0.309 e. The number of benzene rings is 2. The molecule has 0 N–H and O–H groups in total. The van der Waals surface area contributed by atoms with Crippen molar-refractivity contribution in [1.29, 1.82) is 0 Å². The smallest absolute Gasteiger partial charge is 0.309 e. The highest BCUT2D eigenvalue weighted by atomic mass is 35.5. The summed E-state index contributed by atoms with van der Waals surface area (Å²) in [5.74, 6) is 0.972. The van der Waals surface area contributed by atoms with Crippen LogP contribution >= 0.6 is 11.6 Å². The molecule has 0 aliphatic carbocycles. The Morgan fingerprint density at radius 1 is 1.16 bits per heavy atom. The van der Waals surface area contributed by atoms with Crippen LogP contribution in [0, 0.1) is 0 Å². The average molecular weight is 277 g/mol. The molecule has 0 saturated carbocycles. The number of halogens is 1. The minimum atomic E-state index is -0.298. The van der Waals surface area contributed by atoms with E-state index < -0.39 is 0 Å². The van der Waals surface area contributed by atoms with E-state index in [1.165, 1.54) is 7.11 Å². The quantitative estimate of drug-likeness (QED) is 0.796. The summed E-state index contributed by atoms with van der Waals surface area (Å²) in [5, 5.41) is 0.463. The number of esters is 1. The van der Waals surface area contributed by atoms with E-state index >= 15 is 0 Å². The second-order valence-electron chi connectivity index (χ2n) is 3.93. The normalized spacial score (nSPS) is 10.0. The number of hydrogen-bond acceptors (Lipinski definition) is 3. The van der Waals surface area contributed by atoms with Crippen molar-refractivity contribution in [2.75, 3.05) is 7.11 Å². The van der Waals surface area contributed by atoms with Gasteiger partial charge in [0.15, 0.2) is 0 Å². The Bertz CT molecular complexity index is 567. The van der Waals surface area contributed by atoms with Crippen LogP contribution in [0.2, 0.25) is 5.02 Å². The first-order valence-electron chi connectivity index (χ1n) is 5.77. The van der Waals surface area contributed by atoms with E-state index in [9.17, 15) is 4.79 Å². The topological polar surface area (TPSA) is 35.5 Å². The van der Waals surface area contributed by atoms with Crippen molar-refractivity contribution in [3.63, 3.8) is 0 Å². The maximum absolute atomic E-state index is 11.2. The summed E-state index contributed by atoms with van der Waals surface area (Å²) in [6, 6.07) is 14.6. The number of carbonyl (C=O) groups is 1. The van der Waals surface area contributed by atoms with Crippen molar-refractivity contribution in [1.82, 2.24) is 0 Å². The van der Waals surface area contributed by atoms with Crippen molar-refractivity contribution in [2.24, 2.45) is 0 Å². The minimum absolute atomic E-state index is 0.196. The lowest BCUT2D eigenvalue weighted by atomic mass is 10.1. The second kappa shape index (κ2) is 6.25. The van der Waals surface area contributed by atoms with Crippen LogP contribution in [0.1, 0.15) is 5.56 Å². The van der Waals surface area contributed by atoms with Gasteiger partial charge in [0.05, 0.1) is 18.6 Å².